The van der Waals surface area contributed by atoms with Crippen molar-refractivity contribution in [3.05, 3.63) is 35.9 Å². The topological polar surface area (TPSA) is 12.0 Å². The molecule has 0 spiro atoms. The minimum atomic E-state index is 0.580. The summed E-state index contributed by atoms with van der Waals surface area (Å²) in [5.41, 5.74) is 1.44. The number of nitrogens with one attached hydrogen (secondary N) is 1. The van der Waals surface area contributed by atoms with Crippen molar-refractivity contribution in [2.75, 3.05) is 5.75 Å². The van der Waals surface area contributed by atoms with E-state index in [1.807, 2.05) is 0 Å². The molecule has 1 heterocycles. The van der Waals surface area contributed by atoms with E-state index in [9.17, 15) is 0 Å². The largest absolute Gasteiger partial charge is 0.302 e. The second-order valence-electron chi connectivity index (χ2n) is 4.35. The molecule has 2 rings (SSSR count). The van der Waals surface area contributed by atoms with Gasteiger partial charge in [0.25, 0.3) is 0 Å². The molecule has 1 aromatic rings. The van der Waals surface area contributed by atoms with Crippen molar-refractivity contribution >= 4 is 11.8 Å². The maximum absolute atomic E-state index is 3.68. The summed E-state index contributed by atoms with van der Waals surface area (Å²) >= 11 is 2.06. The van der Waals surface area contributed by atoms with E-state index in [1.165, 1.54) is 17.7 Å². The highest BCUT2D eigenvalue weighted by atomic mass is 32.2. The summed E-state index contributed by atoms with van der Waals surface area (Å²) in [5.74, 6) is 1.88. The first-order chi connectivity index (χ1) is 7.27. The van der Waals surface area contributed by atoms with E-state index in [4.69, 9.17) is 0 Å². The molecule has 15 heavy (non-hydrogen) atoms. The Labute approximate surface area is 96.7 Å². The fraction of sp³-hybridized carbons (Fsp3) is 0.538. The number of benzene rings is 1. The molecule has 1 aromatic carbocycles. The van der Waals surface area contributed by atoms with Crippen molar-refractivity contribution < 1.29 is 0 Å². The third kappa shape index (κ3) is 2.76. The summed E-state index contributed by atoms with van der Waals surface area (Å²) in [7, 11) is 0. The van der Waals surface area contributed by atoms with E-state index in [-0.39, 0.29) is 0 Å². The average Bonchev–Trinajstić information content (AvgIpc) is 2.29. The molecule has 1 aliphatic rings. The second kappa shape index (κ2) is 5.04. The van der Waals surface area contributed by atoms with E-state index >= 15 is 0 Å². The second-order valence-corrected chi connectivity index (χ2v) is 5.60. The summed E-state index contributed by atoms with van der Waals surface area (Å²) in [6.45, 7) is 4.60. The fourth-order valence-electron chi connectivity index (χ4n) is 2.00. The van der Waals surface area contributed by atoms with Gasteiger partial charge in [-0.1, -0.05) is 37.3 Å². The SMILES string of the molecule is CC1CCSC(C(C)c2ccccc2)N1. The molecule has 0 radical (unpaired) electrons. The number of hydrogen-bond acceptors (Lipinski definition) is 2. The lowest BCUT2D eigenvalue weighted by Crippen LogP contribution is -2.41. The Kier molecular flexibility index (Phi) is 3.71. The standard InChI is InChI=1S/C13H19NS/c1-10-8-9-15-13(14-10)11(2)12-6-4-3-5-7-12/h3-7,10-11,13-14H,8-9H2,1-2H3. The minimum Gasteiger partial charge on any atom is -0.302 e. The molecular weight excluding hydrogens is 202 g/mol. The van der Waals surface area contributed by atoms with E-state index < -0.39 is 0 Å². The van der Waals surface area contributed by atoms with Gasteiger partial charge in [0.05, 0.1) is 5.37 Å². The van der Waals surface area contributed by atoms with Gasteiger partial charge in [-0.15, -0.1) is 11.8 Å². The van der Waals surface area contributed by atoms with Crippen LogP contribution >= 0.6 is 11.8 Å². The average molecular weight is 221 g/mol. The van der Waals surface area contributed by atoms with Crippen LogP contribution in [0.1, 0.15) is 31.7 Å². The Balaban J connectivity index is 2.04. The third-order valence-electron chi connectivity index (χ3n) is 3.08. The monoisotopic (exact) mass is 221 g/mol. The molecular formula is C13H19NS. The van der Waals surface area contributed by atoms with Crippen molar-refractivity contribution in [2.24, 2.45) is 0 Å². The number of rotatable bonds is 2. The van der Waals surface area contributed by atoms with Crippen LogP contribution in [0.4, 0.5) is 0 Å². The summed E-state index contributed by atoms with van der Waals surface area (Å²) in [4.78, 5) is 0. The molecule has 0 amide bonds. The van der Waals surface area contributed by atoms with Crippen molar-refractivity contribution in [1.29, 1.82) is 0 Å². The zero-order valence-electron chi connectivity index (χ0n) is 9.44. The van der Waals surface area contributed by atoms with Crippen molar-refractivity contribution in [3.8, 4) is 0 Å². The molecule has 1 fully saturated rings. The van der Waals surface area contributed by atoms with E-state index in [0.717, 1.165) is 0 Å². The maximum atomic E-state index is 3.68. The highest BCUT2D eigenvalue weighted by Gasteiger charge is 2.24. The Morgan fingerprint density at radius 1 is 1.33 bits per heavy atom. The van der Waals surface area contributed by atoms with Crippen LogP contribution in [0.5, 0.6) is 0 Å². The first-order valence-electron chi connectivity index (χ1n) is 5.70. The van der Waals surface area contributed by atoms with Gasteiger partial charge in [0.15, 0.2) is 0 Å². The Morgan fingerprint density at radius 2 is 2.07 bits per heavy atom. The molecule has 0 aromatic heterocycles. The van der Waals surface area contributed by atoms with Crippen LogP contribution in [-0.4, -0.2) is 17.2 Å². The number of thioether (sulfide) groups is 1. The predicted molar refractivity (Wildman–Crippen MR) is 68.3 cm³/mol. The molecule has 82 valence electrons. The van der Waals surface area contributed by atoms with Crippen LogP contribution in [0.25, 0.3) is 0 Å². The van der Waals surface area contributed by atoms with Crippen molar-refractivity contribution in [3.63, 3.8) is 0 Å². The lowest BCUT2D eigenvalue weighted by molar-refractivity contribution is 0.467. The maximum Gasteiger partial charge on any atom is 0.0600 e. The van der Waals surface area contributed by atoms with Crippen LogP contribution in [-0.2, 0) is 0 Å². The highest BCUT2D eigenvalue weighted by Crippen LogP contribution is 2.30. The molecule has 0 bridgehead atoms. The van der Waals surface area contributed by atoms with E-state index in [0.29, 0.717) is 17.3 Å². The first-order valence-corrected chi connectivity index (χ1v) is 6.75. The van der Waals surface area contributed by atoms with Crippen LogP contribution in [0, 0.1) is 0 Å². The van der Waals surface area contributed by atoms with Gasteiger partial charge < -0.3 is 5.32 Å². The Bertz CT molecular complexity index is 299. The summed E-state index contributed by atoms with van der Waals surface area (Å²) in [6, 6.07) is 11.5. The first kappa shape index (κ1) is 11.0. The fourth-order valence-corrected chi connectivity index (χ4v) is 3.52. The van der Waals surface area contributed by atoms with Gasteiger partial charge in [-0.3, -0.25) is 0 Å². The quantitative estimate of drug-likeness (QED) is 0.823. The Morgan fingerprint density at radius 3 is 2.73 bits per heavy atom. The summed E-state index contributed by atoms with van der Waals surface area (Å²) in [5, 5.41) is 4.26. The van der Waals surface area contributed by atoms with Crippen molar-refractivity contribution in [2.45, 2.75) is 37.6 Å². The lowest BCUT2D eigenvalue weighted by atomic mass is 10.0. The summed E-state index contributed by atoms with van der Waals surface area (Å²) in [6.07, 6.45) is 1.29. The molecule has 3 unspecified atom stereocenters. The van der Waals surface area contributed by atoms with Crippen LogP contribution in [0.15, 0.2) is 30.3 Å². The molecule has 1 saturated heterocycles. The van der Waals surface area contributed by atoms with Crippen LogP contribution < -0.4 is 5.32 Å². The van der Waals surface area contributed by atoms with Crippen LogP contribution in [0.2, 0.25) is 0 Å². The predicted octanol–water partition coefficient (Wildman–Crippen LogP) is 3.23. The van der Waals surface area contributed by atoms with E-state index in [1.54, 1.807) is 0 Å². The molecule has 3 atom stereocenters. The van der Waals surface area contributed by atoms with Crippen molar-refractivity contribution in [1.82, 2.24) is 5.32 Å². The molecule has 0 saturated carbocycles. The van der Waals surface area contributed by atoms with Gasteiger partial charge in [-0.25, -0.2) is 0 Å². The van der Waals surface area contributed by atoms with Crippen LogP contribution in [0.3, 0.4) is 0 Å². The molecule has 1 nitrogen and oxygen atoms in total. The molecule has 1 aliphatic heterocycles. The van der Waals surface area contributed by atoms with Gasteiger partial charge in [0.2, 0.25) is 0 Å². The van der Waals surface area contributed by atoms with E-state index in [2.05, 4.69) is 61.3 Å². The molecule has 2 heteroatoms. The van der Waals surface area contributed by atoms with Gasteiger partial charge in [0, 0.05) is 12.0 Å². The normalized spacial score (nSPS) is 28.7. The number of hydrogen-bond donors (Lipinski definition) is 1. The highest BCUT2D eigenvalue weighted by molar-refractivity contribution is 7.99. The van der Waals surface area contributed by atoms with Gasteiger partial charge in [-0.2, -0.15) is 0 Å². The molecule has 1 N–H and O–H groups in total. The summed E-state index contributed by atoms with van der Waals surface area (Å²) < 4.78 is 0. The van der Waals surface area contributed by atoms with Gasteiger partial charge in [-0.05, 0) is 24.7 Å². The molecule has 0 aliphatic carbocycles. The smallest absolute Gasteiger partial charge is 0.0600 e. The zero-order chi connectivity index (χ0) is 10.7. The third-order valence-corrected chi connectivity index (χ3v) is 4.45. The van der Waals surface area contributed by atoms with Gasteiger partial charge >= 0.3 is 0 Å². The van der Waals surface area contributed by atoms with Gasteiger partial charge in [0.1, 0.15) is 0 Å². The zero-order valence-corrected chi connectivity index (χ0v) is 10.3. The Hall–Kier alpha value is -0.470. The minimum absolute atomic E-state index is 0.580. The lowest BCUT2D eigenvalue weighted by Gasteiger charge is -2.32.